The van der Waals surface area contributed by atoms with Crippen LogP contribution in [0, 0.1) is 0 Å². The predicted octanol–water partition coefficient (Wildman–Crippen LogP) is 2.70. The Morgan fingerprint density at radius 2 is 1.92 bits per heavy atom. The molecule has 72 valence electrons. The maximum atomic E-state index is 5.50. The van der Waals surface area contributed by atoms with Gasteiger partial charge in [0.2, 0.25) is 0 Å². The largest absolute Gasteiger partial charge is 0.494 e. The van der Waals surface area contributed by atoms with Gasteiger partial charge >= 0.3 is 0 Å². The molecule has 0 saturated carbocycles. The molecule has 0 atom stereocenters. The summed E-state index contributed by atoms with van der Waals surface area (Å²) in [6.45, 7) is 3.14. The molecule has 0 aliphatic heterocycles. The van der Waals surface area contributed by atoms with Gasteiger partial charge in [-0.1, -0.05) is 6.07 Å². The Kier molecular flexibility index (Phi) is 4.47. The van der Waals surface area contributed by atoms with E-state index >= 15 is 0 Å². The van der Waals surface area contributed by atoms with Crippen LogP contribution in [0.4, 0.5) is 0 Å². The van der Waals surface area contributed by atoms with E-state index in [2.05, 4.69) is 0 Å². The van der Waals surface area contributed by atoms with Crippen molar-refractivity contribution in [2.45, 2.75) is 6.92 Å². The Bertz CT molecular complexity index is 250. The van der Waals surface area contributed by atoms with Crippen LogP contribution < -0.4 is 9.47 Å². The van der Waals surface area contributed by atoms with Crippen LogP contribution in [-0.4, -0.2) is 19.1 Å². The lowest BCUT2D eigenvalue weighted by Crippen LogP contribution is -1.98. The molecule has 0 unspecified atom stereocenters. The fraction of sp³-hybridized carbons (Fsp3) is 0.400. The summed E-state index contributed by atoms with van der Waals surface area (Å²) >= 11 is 5.50. The van der Waals surface area contributed by atoms with Crippen molar-refractivity contribution in [3.63, 3.8) is 0 Å². The first kappa shape index (κ1) is 10.2. The summed E-state index contributed by atoms with van der Waals surface area (Å²) in [5.41, 5.74) is 0. The average Bonchev–Trinajstić information content (AvgIpc) is 2.16. The van der Waals surface area contributed by atoms with Gasteiger partial charge in [-0.2, -0.15) is 0 Å². The Balaban J connectivity index is 2.56. The number of benzene rings is 1. The summed E-state index contributed by atoms with van der Waals surface area (Å²) in [6, 6.07) is 7.54. The van der Waals surface area contributed by atoms with Crippen molar-refractivity contribution < 1.29 is 9.47 Å². The standard InChI is InChI=1S/C10H13ClO2/c1-2-12-9-4-3-5-10(8-9)13-7-6-11/h3-5,8H,2,6-7H2,1H3. The maximum Gasteiger partial charge on any atom is 0.123 e. The van der Waals surface area contributed by atoms with Gasteiger partial charge in [-0.3, -0.25) is 0 Å². The number of ether oxygens (including phenoxy) is 2. The number of rotatable bonds is 5. The van der Waals surface area contributed by atoms with Crippen LogP contribution in [0.2, 0.25) is 0 Å². The van der Waals surface area contributed by atoms with Crippen molar-refractivity contribution in [3.8, 4) is 11.5 Å². The van der Waals surface area contributed by atoms with Crippen molar-refractivity contribution >= 4 is 11.6 Å². The highest BCUT2D eigenvalue weighted by molar-refractivity contribution is 6.17. The Labute approximate surface area is 83.4 Å². The molecular weight excluding hydrogens is 188 g/mol. The zero-order valence-corrected chi connectivity index (χ0v) is 8.38. The summed E-state index contributed by atoms with van der Waals surface area (Å²) < 4.78 is 10.6. The molecule has 0 aliphatic rings. The van der Waals surface area contributed by atoms with Gasteiger partial charge in [-0.25, -0.2) is 0 Å². The van der Waals surface area contributed by atoms with E-state index in [4.69, 9.17) is 21.1 Å². The van der Waals surface area contributed by atoms with Crippen molar-refractivity contribution in [1.82, 2.24) is 0 Å². The number of alkyl halides is 1. The lowest BCUT2D eigenvalue weighted by atomic mass is 10.3. The van der Waals surface area contributed by atoms with Crippen molar-refractivity contribution in [1.29, 1.82) is 0 Å². The van der Waals surface area contributed by atoms with Crippen molar-refractivity contribution in [2.75, 3.05) is 19.1 Å². The van der Waals surface area contributed by atoms with E-state index in [-0.39, 0.29) is 0 Å². The molecule has 0 N–H and O–H groups in total. The zero-order valence-electron chi connectivity index (χ0n) is 7.63. The van der Waals surface area contributed by atoms with E-state index in [1.54, 1.807) is 0 Å². The van der Waals surface area contributed by atoms with E-state index in [9.17, 15) is 0 Å². The minimum absolute atomic E-state index is 0.499. The van der Waals surface area contributed by atoms with Crippen LogP contribution in [0.3, 0.4) is 0 Å². The SMILES string of the molecule is CCOc1cccc(OCCCl)c1. The van der Waals surface area contributed by atoms with E-state index in [0.717, 1.165) is 11.5 Å². The lowest BCUT2D eigenvalue weighted by molar-refractivity contribution is 0.324. The van der Waals surface area contributed by atoms with Gasteiger partial charge in [0.15, 0.2) is 0 Å². The zero-order chi connectivity index (χ0) is 9.52. The summed E-state index contributed by atoms with van der Waals surface area (Å²) in [7, 11) is 0. The van der Waals surface area contributed by atoms with Crippen LogP contribution in [-0.2, 0) is 0 Å². The first-order valence-corrected chi connectivity index (χ1v) is 4.82. The van der Waals surface area contributed by atoms with Gasteiger partial charge in [0, 0.05) is 6.07 Å². The molecule has 0 heterocycles. The van der Waals surface area contributed by atoms with Gasteiger partial charge in [0.25, 0.3) is 0 Å². The van der Waals surface area contributed by atoms with Gasteiger partial charge in [0.05, 0.1) is 12.5 Å². The molecule has 13 heavy (non-hydrogen) atoms. The first-order valence-electron chi connectivity index (χ1n) is 4.28. The normalized spacial score (nSPS) is 9.69. The van der Waals surface area contributed by atoms with Crippen molar-refractivity contribution in [2.24, 2.45) is 0 Å². The topological polar surface area (TPSA) is 18.5 Å². The van der Waals surface area contributed by atoms with E-state index in [1.807, 2.05) is 31.2 Å². The fourth-order valence-corrected chi connectivity index (χ4v) is 1.05. The van der Waals surface area contributed by atoms with Gasteiger partial charge < -0.3 is 9.47 Å². The Hall–Kier alpha value is -0.890. The molecule has 2 nitrogen and oxygen atoms in total. The van der Waals surface area contributed by atoms with E-state index < -0.39 is 0 Å². The molecule has 1 aromatic carbocycles. The van der Waals surface area contributed by atoms with Crippen LogP contribution >= 0.6 is 11.6 Å². The van der Waals surface area contributed by atoms with Gasteiger partial charge in [0.1, 0.15) is 18.1 Å². The second-order valence-electron chi connectivity index (χ2n) is 2.45. The monoisotopic (exact) mass is 200 g/mol. The summed E-state index contributed by atoms with van der Waals surface area (Å²) in [5, 5.41) is 0. The number of hydrogen-bond donors (Lipinski definition) is 0. The third-order valence-corrected chi connectivity index (χ3v) is 1.62. The molecule has 0 aliphatic carbocycles. The highest BCUT2D eigenvalue weighted by atomic mass is 35.5. The molecule has 0 spiro atoms. The number of halogens is 1. The predicted molar refractivity (Wildman–Crippen MR) is 53.8 cm³/mol. The molecule has 0 amide bonds. The Morgan fingerprint density at radius 3 is 2.54 bits per heavy atom. The number of hydrogen-bond acceptors (Lipinski definition) is 2. The van der Waals surface area contributed by atoms with Crippen LogP contribution in [0.25, 0.3) is 0 Å². The third kappa shape index (κ3) is 3.55. The smallest absolute Gasteiger partial charge is 0.123 e. The molecule has 0 fully saturated rings. The van der Waals surface area contributed by atoms with Gasteiger partial charge in [-0.05, 0) is 19.1 Å². The molecule has 1 rings (SSSR count). The fourth-order valence-electron chi connectivity index (χ4n) is 0.977. The minimum atomic E-state index is 0.499. The molecule has 3 heteroatoms. The summed E-state index contributed by atoms with van der Waals surface area (Å²) in [6.07, 6.45) is 0. The van der Waals surface area contributed by atoms with Crippen molar-refractivity contribution in [3.05, 3.63) is 24.3 Å². The van der Waals surface area contributed by atoms with Crippen LogP contribution in [0.5, 0.6) is 11.5 Å². The highest BCUT2D eigenvalue weighted by Crippen LogP contribution is 2.19. The molecule has 0 aromatic heterocycles. The summed E-state index contributed by atoms with van der Waals surface area (Å²) in [5.74, 6) is 2.12. The maximum absolute atomic E-state index is 5.50. The lowest BCUT2D eigenvalue weighted by Gasteiger charge is -2.06. The van der Waals surface area contributed by atoms with E-state index in [1.165, 1.54) is 0 Å². The van der Waals surface area contributed by atoms with Crippen LogP contribution in [0.15, 0.2) is 24.3 Å². The Morgan fingerprint density at radius 1 is 1.23 bits per heavy atom. The molecule has 0 radical (unpaired) electrons. The minimum Gasteiger partial charge on any atom is -0.494 e. The molecule has 0 bridgehead atoms. The molecular formula is C10H13ClO2. The highest BCUT2D eigenvalue weighted by Gasteiger charge is 1.95. The van der Waals surface area contributed by atoms with Gasteiger partial charge in [-0.15, -0.1) is 11.6 Å². The summed E-state index contributed by atoms with van der Waals surface area (Å²) in [4.78, 5) is 0. The van der Waals surface area contributed by atoms with E-state index in [0.29, 0.717) is 19.1 Å². The first-order chi connectivity index (χ1) is 6.36. The second-order valence-corrected chi connectivity index (χ2v) is 2.82. The molecule has 0 saturated heterocycles. The second kappa shape index (κ2) is 5.70. The third-order valence-electron chi connectivity index (χ3n) is 1.46. The molecule has 1 aromatic rings. The quantitative estimate of drug-likeness (QED) is 0.681. The van der Waals surface area contributed by atoms with Crippen LogP contribution in [0.1, 0.15) is 6.92 Å². The average molecular weight is 201 g/mol.